The number of amides is 2. The van der Waals surface area contributed by atoms with Crippen LogP contribution < -0.4 is 10.6 Å². The molecule has 0 aliphatic carbocycles. The van der Waals surface area contributed by atoms with Gasteiger partial charge in [-0.2, -0.15) is 5.10 Å². The Balaban J connectivity index is 1.28. The second kappa shape index (κ2) is 11.1. The Bertz CT molecular complexity index is 1110. The number of nitrogens with one attached hydrogen (secondary N) is 2. The molecule has 0 radical (unpaired) electrons. The van der Waals surface area contributed by atoms with Crippen molar-refractivity contribution in [3.63, 3.8) is 0 Å². The zero-order valence-corrected chi connectivity index (χ0v) is 18.9. The first-order valence-electron chi connectivity index (χ1n) is 10.9. The summed E-state index contributed by atoms with van der Waals surface area (Å²) in [5.41, 5.74) is 2.67. The number of nitrogens with zero attached hydrogens (tertiary/aromatic N) is 3. The van der Waals surface area contributed by atoms with Crippen molar-refractivity contribution >= 4 is 29.1 Å². The lowest BCUT2D eigenvalue weighted by Crippen LogP contribution is -2.38. The van der Waals surface area contributed by atoms with Crippen molar-refractivity contribution in [1.29, 1.82) is 0 Å². The van der Waals surface area contributed by atoms with Gasteiger partial charge in [-0.25, -0.2) is 4.68 Å². The summed E-state index contributed by atoms with van der Waals surface area (Å²) in [5.74, 6) is -0.315. The smallest absolute Gasteiger partial charge is 0.272 e. The second-order valence-corrected chi connectivity index (χ2v) is 8.20. The van der Waals surface area contributed by atoms with Gasteiger partial charge in [0.2, 0.25) is 5.91 Å². The van der Waals surface area contributed by atoms with Gasteiger partial charge in [-0.15, -0.1) is 0 Å². The van der Waals surface area contributed by atoms with Gasteiger partial charge in [-0.05, 0) is 42.0 Å². The van der Waals surface area contributed by atoms with Crippen molar-refractivity contribution in [2.75, 3.05) is 38.2 Å². The van der Waals surface area contributed by atoms with Crippen molar-refractivity contribution in [2.45, 2.75) is 13.0 Å². The quantitative estimate of drug-likeness (QED) is 0.531. The number of hydrogen-bond acceptors (Lipinski definition) is 5. The summed E-state index contributed by atoms with van der Waals surface area (Å²) in [4.78, 5) is 27.1. The first kappa shape index (κ1) is 23.0. The Labute approximate surface area is 197 Å². The Hall–Kier alpha value is -3.20. The van der Waals surface area contributed by atoms with Crippen molar-refractivity contribution < 1.29 is 14.3 Å². The van der Waals surface area contributed by atoms with Crippen LogP contribution in [0.3, 0.4) is 0 Å². The summed E-state index contributed by atoms with van der Waals surface area (Å²) < 4.78 is 6.93. The molecule has 1 saturated heterocycles. The summed E-state index contributed by atoms with van der Waals surface area (Å²) in [6.45, 7) is 4.19. The van der Waals surface area contributed by atoms with Crippen molar-refractivity contribution in [3.05, 3.63) is 77.1 Å². The second-order valence-electron chi connectivity index (χ2n) is 7.76. The van der Waals surface area contributed by atoms with E-state index >= 15 is 0 Å². The Morgan fingerprint density at radius 1 is 1.06 bits per heavy atom. The molecule has 0 spiro atoms. The molecule has 2 aromatic carbocycles. The van der Waals surface area contributed by atoms with Gasteiger partial charge in [0.25, 0.3) is 5.91 Å². The molecule has 2 amide bonds. The molecule has 9 heteroatoms. The maximum Gasteiger partial charge on any atom is 0.272 e. The predicted molar refractivity (Wildman–Crippen MR) is 127 cm³/mol. The highest BCUT2D eigenvalue weighted by Gasteiger charge is 2.13. The lowest BCUT2D eigenvalue weighted by atomic mass is 10.2. The molecule has 1 aliphatic heterocycles. The molecule has 0 bridgehead atoms. The third kappa shape index (κ3) is 6.64. The van der Waals surface area contributed by atoms with E-state index in [0.29, 0.717) is 35.9 Å². The fourth-order valence-electron chi connectivity index (χ4n) is 3.55. The van der Waals surface area contributed by atoms with E-state index in [2.05, 4.69) is 20.6 Å². The van der Waals surface area contributed by atoms with E-state index in [9.17, 15) is 9.59 Å². The molecule has 0 saturated carbocycles. The molecule has 2 heterocycles. The van der Waals surface area contributed by atoms with Crippen LogP contribution >= 0.6 is 11.6 Å². The van der Waals surface area contributed by atoms with Gasteiger partial charge in [0.15, 0.2) is 5.69 Å². The van der Waals surface area contributed by atoms with Crippen LogP contribution in [0, 0.1) is 0 Å². The molecular weight excluding hydrogens is 442 g/mol. The average molecular weight is 468 g/mol. The molecule has 8 nitrogen and oxygen atoms in total. The SMILES string of the molecule is O=C(CCN1CCOCC1)Nc1cccc(CNC(=O)c2ccn(-c3cccc(Cl)c3)n2)c1. The van der Waals surface area contributed by atoms with E-state index in [1.54, 1.807) is 29.1 Å². The van der Waals surface area contributed by atoms with Crippen LogP contribution in [-0.4, -0.2) is 59.3 Å². The zero-order valence-electron chi connectivity index (χ0n) is 18.2. The number of benzene rings is 2. The van der Waals surface area contributed by atoms with Crippen molar-refractivity contribution in [1.82, 2.24) is 20.0 Å². The van der Waals surface area contributed by atoms with Crippen LogP contribution in [0.1, 0.15) is 22.5 Å². The number of morpholine rings is 1. The third-order valence-electron chi connectivity index (χ3n) is 5.32. The third-order valence-corrected chi connectivity index (χ3v) is 5.55. The highest BCUT2D eigenvalue weighted by atomic mass is 35.5. The number of carbonyl (C=O) groups is 2. The van der Waals surface area contributed by atoms with E-state index in [4.69, 9.17) is 16.3 Å². The average Bonchev–Trinajstić information content (AvgIpc) is 3.33. The number of carbonyl (C=O) groups excluding carboxylic acids is 2. The van der Waals surface area contributed by atoms with Gasteiger partial charge in [-0.1, -0.05) is 29.8 Å². The van der Waals surface area contributed by atoms with Crippen molar-refractivity contribution in [3.8, 4) is 5.69 Å². The maximum atomic E-state index is 12.5. The van der Waals surface area contributed by atoms with E-state index < -0.39 is 0 Å². The molecular formula is C24H26ClN5O3. The van der Waals surface area contributed by atoms with Gasteiger partial charge in [0, 0.05) is 49.5 Å². The summed E-state index contributed by atoms with van der Waals surface area (Å²) >= 11 is 6.03. The monoisotopic (exact) mass is 467 g/mol. The standard InChI is InChI=1S/C24H26ClN5O3/c25-19-4-2-6-21(16-19)30-10-7-22(28-30)24(32)26-17-18-3-1-5-20(15-18)27-23(31)8-9-29-11-13-33-14-12-29/h1-7,10,15-16H,8-9,11-14,17H2,(H,26,32)(H,27,31). The first-order valence-corrected chi connectivity index (χ1v) is 11.2. The highest BCUT2D eigenvalue weighted by Crippen LogP contribution is 2.15. The van der Waals surface area contributed by atoms with E-state index in [-0.39, 0.29) is 11.8 Å². The molecule has 0 atom stereocenters. The fourth-order valence-corrected chi connectivity index (χ4v) is 3.73. The van der Waals surface area contributed by atoms with Crippen LogP contribution in [-0.2, 0) is 16.1 Å². The number of aromatic nitrogens is 2. The van der Waals surface area contributed by atoms with Crippen LogP contribution in [0.4, 0.5) is 5.69 Å². The summed E-state index contributed by atoms with van der Waals surface area (Å²) in [6.07, 6.45) is 2.14. The number of anilines is 1. The Morgan fingerprint density at radius 3 is 2.70 bits per heavy atom. The van der Waals surface area contributed by atoms with E-state index in [1.165, 1.54) is 0 Å². The van der Waals surface area contributed by atoms with Crippen LogP contribution in [0.5, 0.6) is 0 Å². The topological polar surface area (TPSA) is 88.5 Å². The van der Waals surface area contributed by atoms with E-state index in [0.717, 1.165) is 37.6 Å². The van der Waals surface area contributed by atoms with Crippen LogP contribution in [0.25, 0.3) is 5.69 Å². The first-order chi connectivity index (χ1) is 16.1. The maximum absolute atomic E-state index is 12.5. The minimum atomic E-state index is -0.282. The number of rotatable bonds is 8. The van der Waals surface area contributed by atoms with E-state index in [1.807, 2.05) is 36.4 Å². The number of hydrogen-bond donors (Lipinski definition) is 2. The minimum absolute atomic E-state index is 0.0331. The lowest BCUT2D eigenvalue weighted by Gasteiger charge is -2.26. The molecule has 172 valence electrons. The van der Waals surface area contributed by atoms with Gasteiger partial charge in [-0.3, -0.25) is 14.5 Å². The number of halogens is 1. The largest absolute Gasteiger partial charge is 0.379 e. The molecule has 33 heavy (non-hydrogen) atoms. The Kier molecular flexibility index (Phi) is 7.72. The van der Waals surface area contributed by atoms with Gasteiger partial charge in [0.05, 0.1) is 18.9 Å². The molecule has 1 aliphatic rings. The number of ether oxygens (including phenoxy) is 1. The lowest BCUT2D eigenvalue weighted by molar-refractivity contribution is -0.116. The molecule has 4 rings (SSSR count). The van der Waals surface area contributed by atoms with Crippen molar-refractivity contribution in [2.24, 2.45) is 0 Å². The van der Waals surface area contributed by atoms with Gasteiger partial charge in [0.1, 0.15) is 0 Å². The van der Waals surface area contributed by atoms with Crippen LogP contribution in [0.15, 0.2) is 60.8 Å². The zero-order chi connectivity index (χ0) is 23.0. The highest BCUT2D eigenvalue weighted by molar-refractivity contribution is 6.30. The molecule has 2 N–H and O–H groups in total. The Morgan fingerprint density at radius 2 is 1.88 bits per heavy atom. The minimum Gasteiger partial charge on any atom is -0.379 e. The fraction of sp³-hybridized carbons (Fsp3) is 0.292. The predicted octanol–water partition coefficient (Wildman–Crippen LogP) is 3.12. The van der Waals surface area contributed by atoms with Gasteiger partial charge >= 0.3 is 0 Å². The molecule has 3 aromatic rings. The van der Waals surface area contributed by atoms with Crippen LogP contribution in [0.2, 0.25) is 5.02 Å². The molecule has 1 aromatic heterocycles. The molecule has 1 fully saturated rings. The molecule has 0 unspecified atom stereocenters. The summed E-state index contributed by atoms with van der Waals surface area (Å²) in [6, 6.07) is 16.3. The normalized spacial score (nSPS) is 14.1. The summed E-state index contributed by atoms with van der Waals surface area (Å²) in [7, 11) is 0. The van der Waals surface area contributed by atoms with Gasteiger partial charge < -0.3 is 15.4 Å². The summed E-state index contributed by atoms with van der Waals surface area (Å²) in [5, 5.41) is 10.7.